The van der Waals surface area contributed by atoms with Crippen molar-refractivity contribution < 1.29 is 9.50 Å². The van der Waals surface area contributed by atoms with E-state index < -0.39 is 6.17 Å². The van der Waals surface area contributed by atoms with Gasteiger partial charge in [0.1, 0.15) is 11.9 Å². The van der Waals surface area contributed by atoms with E-state index in [0.717, 1.165) is 5.57 Å². The molecule has 0 spiro atoms. The van der Waals surface area contributed by atoms with Crippen LogP contribution in [-0.2, 0) is 0 Å². The second-order valence-corrected chi connectivity index (χ2v) is 2.57. The molecule has 0 fully saturated rings. The van der Waals surface area contributed by atoms with E-state index in [1.165, 1.54) is 6.08 Å². The summed E-state index contributed by atoms with van der Waals surface area (Å²) in [6, 6.07) is 0. The fourth-order valence-corrected chi connectivity index (χ4v) is 1.35. The van der Waals surface area contributed by atoms with Gasteiger partial charge in [0, 0.05) is 5.92 Å². The van der Waals surface area contributed by atoms with Gasteiger partial charge < -0.3 is 5.11 Å². The van der Waals surface area contributed by atoms with Gasteiger partial charge in [0.25, 0.3) is 0 Å². The summed E-state index contributed by atoms with van der Waals surface area (Å²) in [5.74, 6) is -0.0213. The fourth-order valence-electron chi connectivity index (χ4n) is 1.35. The summed E-state index contributed by atoms with van der Waals surface area (Å²) in [5, 5.41) is 8.94. The van der Waals surface area contributed by atoms with Gasteiger partial charge in [0.05, 0.1) is 0 Å². The monoisotopic (exact) mass is 138 g/mol. The third-order valence-corrected chi connectivity index (χ3v) is 1.87. The lowest BCUT2D eigenvalue weighted by Gasteiger charge is -2.03. The van der Waals surface area contributed by atoms with Gasteiger partial charge in [-0.15, -0.1) is 0 Å². The summed E-state index contributed by atoms with van der Waals surface area (Å²) in [4.78, 5) is 0. The number of hydrogen-bond donors (Lipinski definition) is 1. The van der Waals surface area contributed by atoms with Crippen molar-refractivity contribution in [2.75, 3.05) is 0 Å². The molecule has 0 saturated carbocycles. The first-order chi connectivity index (χ1) is 4.77. The molecule has 2 unspecified atom stereocenters. The Morgan fingerprint density at radius 3 is 3.00 bits per heavy atom. The van der Waals surface area contributed by atoms with Crippen LogP contribution in [0, 0.1) is 5.92 Å². The summed E-state index contributed by atoms with van der Waals surface area (Å²) in [6.45, 7) is 0. The summed E-state index contributed by atoms with van der Waals surface area (Å²) < 4.78 is 12.8. The van der Waals surface area contributed by atoms with Crippen LogP contribution in [0.4, 0.5) is 4.39 Å². The molecule has 0 amide bonds. The van der Waals surface area contributed by atoms with E-state index in [2.05, 4.69) is 0 Å². The summed E-state index contributed by atoms with van der Waals surface area (Å²) in [6.07, 6.45) is 5.44. The minimum Gasteiger partial charge on any atom is -0.508 e. The van der Waals surface area contributed by atoms with Crippen LogP contribution in [0.1, 0.15) is 0 Å². The third-order valence-electron chi connectivity index (χ3n) is 1.87. The largest absolute Gasteiger partial charge is 0.508 e. The van der Waals surface area contributed by atoms with Gasteiger partial charge in [-0.2, -0.15) is 0 Å². The van der Waals surface area contributed by atoms with Gasteiger partial charge in [0.2, 0.25) is 0 Å². The standard InChI is InChI=1S/C8H7FO/c9-8-2-1-5-3-6(10)4-7(5)8/h1-4,7-8,10H. The highest BCUT2D eigenvalue weighted by molar-refractivity contribution is 5.44. The molecule has 52 valence electrons. The molecule has 1 nitrogen and oxygen atoms in total. The molecule has 2 atom stereocenters. The minimum atomic E-state index is -0.934. The predicted molar refractivity (Wildman–Crippen MR) is 36.3 cm³/mol. The van der Waals surface area contributed by atoms with Crippen molar-refractivity contribution in [2.24, 2.45) is 5.92 Å². The number of aliphatic hydroxyl groups is 1. The average Bonchev–Trinajstić information content (AvgIpc) is 2.35. The van der Waals surface area contributed by atoms with Crippen LogP contribution in [0.25, 0.3) is 0 Å². The van der Waals surface area contributed by atoms with Crippen molar-refractivity contribution in [3.8, 4) is 0 Å². The van der Waals surface area contributed by atoms with E-state index in [1.54, 1.807) is 18.2 Å². The molecule has 0 aromatic carbocycles. The number of halogens is 1. The molecule has 2 rings (SSSR count). The van der Waals surface area contributed by atoms with E-state index in [9.17, 15) is 4.39 Å². The minimum absolute atomic E-state index is 0.187. The van der Waals surface area contributed by atoms with E-state index in [1.807, 2.05) is 0 Å². The van der Waals surface area contributed by atoms with Crippen molar-refractivity contribution in [1.82, 2.24) is 0 Å². The molecule has 2 heteroatoms. The summed E-state index contributed by atoms with van der Waals surface area (Å²) in [5.41, 5.74) is 0.880. The first-order valence-corrected chi connectivity index (χ1v) is 3.22. The van der Waals surface area contributed by atoms with Gasteiger partial charge in [-0.3, -0.25) is 0 Å². The van der Waals surface area contributed by atoms with Crippen LogP contribution >= 0.6 is 0 Å². The lowest BCUT2D eigenvalue weighted by molar-refractivity contribution is 0.358. The Morgan fingerprint density at radius 2 is 2.30 bits per heavy atom. The molecule has 0 radical (unpaired) electrons. The number of fused-ring (bicyclic) bond motifs is 1. The normalized spacial score (nSPS) is 35.7. The average molecular weight is 138 g/mol. The lowest BCUT2D eigenvalue weighted by atomic mass is 10.1. The highest BCUT2D eigenvalue weighted by Gasteiger charge is 2.28. The van der Waals surface area contributed by atoms with Crippen LogP contribution in [0.15, 0.2) is 35.6 Å². The Hall–Kier alpha value is -1.05. The smallest absolute Gasteiger partial charge is 0.129 e. The molecular weight excluding hydrogens is 131 g/mol. The molecule has 0 bridgehead atoms. The van der Waals surface area contributed by atoms with Crippen LogP contribution < -0.4 is 0 Å². The van der Waals surface area contributed by atoms with Gasteiger partial charge >= 0.3 is 0 Å². The van der Waals surface area contributed by atoms with Crippen molar-refractivity contribution in [1.29, 1.82) is 0 Å². The van der Waals surface area contributed by atoms with Crippen LogP contribution in [0.5, 0.6) is 0 Å². The zero-order valence-electron chi connectivity index (χ0n) is 5.29. The first kappa shape index (κ1) is 5.71. The summed E-state index contributed by atoms with van der Waals surface area (Å²) >= 11 is 0. The molecule has 0 heterocycles. The van der Waals surface area contributed by atoms with Gasteiger partial charge in [-0.1, -0.05) is 6.08 Å². The van der Waals surface area contributed by atoms with E-state index >= 15 is 0 Å². The number of hydrogen-bond acceptors (Lipinski definition) is 1. The Labute approximate surface area is 58.2 Å². The highest BCUT2D eigenvalue weighted by atomic mass is 19.1. The van der Waals surface area contributed by atoms with Crippen molar-refractivity contribution in [3.63, 3.8) is 0 Å². The topological polar surface area (TPSA) is 20.2 Å². The maximum atomic E-state index is 12.8. The molecule has 2 aliphatic rings. The Kier molecular flexibility index (Phi) is 0.982. The van der Waals surface area contributed by atoms with E-state index in [4.69, 9.17) is 5.11 Å². The second-order valence-electron chi connectivity index (χ2n) is 2.57. The Bertz CT molecular complexity index is 250. The van der Waals surface area contributed by atoms with Crippen LogP contribution in [0.3, 0.4) is 0 Å². The number of aliphatic hydroxyl groups excluding tert-OH is 1. The Balaban J connectivity index is 2.37. The zero-order chi connectivity index (χ0) is 7.14. The molecule has 0 aromatic heterocycles. The van der Waals surface area contributed by atoms with Crippen molar-refractivity contribution in [2.45, 2.75) is 6.17 Å². The molecule has 1 N–H and O–H groups in total. The second kappa shape index (κ2) is 1.72. The predicted octanol–water partition coefficient (Wildman–Crippen LogP) is 1.89. The van der Waals surface area contributed by atoms with E-state index in [-0.39, 0.29) is 11.7 Å². The zero-order valence-corrected chi connectivity index (χ0v) is 5.29. The highest BCUT2D eigenvalue weighted by Crippen LogP contribution is 2.34. The van der Waals surface area contributed by atoms with E-state index in [0.29, 0.717) is 0 Å². The quantitative estimate of drug-likeness (QED) is 0.542. The maximum absolute atomic E-state index is 12.8. The molecule has 0 saturated heterocycles. The molecular formula is C8H7FO. The van der Waals surface area contributed by atoms with Crippen molar-refractivity contribution in [3.05, 3.63) is 35.6 Å². The fraction of sp³-hybridized carbons (Fsp3) is 0.250. The molecule has 2 aliphatic carbocycles. The lowest BCUT2D eigenvalue weighted by Crippen LogP contribution is -2.04. The number of alkyl halides is 1. The first-order valence-electron chi connectivity index (χ1n) is 3.22. The SMILES string of the molecule is OC1=CC2C(=C1)C=CC2F. The van der Waals surface area contributed by atoms with Gasteiger partial charge in [0.15, 0.2) is 0 Å². The van der Waals surface area contributed by atoms with Gasteiger partial charge in [-0.25, -0.2) is 4.39 Å². The molecule has 10 heavy (non-hydrogen) atoms. The van der Waals surface area contributed by atoms with Crippen LogP contribution in [0.2, 0.25) is 0 Å². The molecule has 0 aromatic rings. The van der Waals surface area contributed by atoms with Crippen LogP contribution in [-0.4, -0.2) is 11.3 Å². The maximum Gasteiger partial charge on any atom is 0.129 e. The summed E-state index contributed by atoms with van der Waals surface area (Å²) in [7, 11) is 0. The van der Waals surface area contributed by atoms with Gasteiger partial charge in [-0.05, 0) is 23.8 Å². The third kappa shape index (κ3) is 0.618. The molecule has 0 aliphatic heterocycles. The number of rotatable bonds is 0. The Morgan fingerprint density at radius 1 is 1.50 bits per heavy atom. The number of allylic oxidation sites excluding steroid dienone is 5. The van der Waals surface area contributed by atoms with Crippen molar-refractivity contribution >= 4 is 0 Å².